The molecule has 2 rings (SSSR count). The minimum atomic E-state index is -0.347. The van der Waals surface area contributed by atoms with Gasteiger partial charge in [0.25, 0.3) is 0 Å². The molecule has 1 aliphatic rings. The monoisotopic (exact) mass is 475 g/mol. The van der Waals surface area contributed by atoms with E-state index >= 15 is 0 Å². The van der Waals surface area contributed by atoms with Gasteiger partial charge in [-0.1, -0.05) is 0 Å². The number of nitrogens with zero attached hydrogens (tertiary/aromatic N) is 3. The number of hydrogen-bond acceptors (Lipinski definition) is 4. The van der Waals surface area contributed by atoms with Gasteiger partial charge < -0.3 is 15.4 Å². The van der Waals surface area contributed by atoms with Crippen molar-refractivity contribution in [3.05, 3.63) is 35.1 Å². The molecule has 1 atom stereocenters. The van der Waals surface area contributed by atoms with Gasteiger partial charge in [0.05, 0.1) is 31.4 Å². The molecule has 0 bridgehead atoms. The number of halogens is 2. The molecule has 0 spiro atoms. The van der Waals surface area contributed by atoms with E-state index < -0.39 is 0 Å². The molecule has 8 heteroatoms. The lowest BCUT2D eigenvalue weighted by Crippen LogP contribution is -2.49. The molecule has 1 aromatic carbocycles. The van der Waals surface area contributed by atoms with Crippen LogP contribution >= 0.6 is 24.0 Å². The molecule has 0 radical (unpaired) electrons. The number of aliphatic imine (C=N–C) groups is 1. The lowest BCUT2D eigenvalue weighted by Gasteiger charge is -2.32. The van der Waals surface area contributed by atoms with Gasteiger partial charge in [0, 0.05) is 37.8 Å². The molecule has 144 valence electrons. The fourth-order valence-electron chi connectivity index (χ4n) is 2.66. The number of rotatable bonds is 6. The van der Waals surface area contributed by atoms with Crippen LogP contribution in [0.3, 0.4) is 0 Å². The zero-order valence-corrected chi connectivity index (χ0v) is 17.6. The van der Waals surface area contributed by atoms with Gasteiger partial charge in [0.1, 0.15) is 5.82 Å². The Morgan fingerprint density at radius 2 is 2.12 bits per heavy atom. The van der Waals surface area contributed by atoms with Crippen molar-refractivity contribution >= 4 is 29.9 Å². The molecule has 1 unspecified atom stereocenters. The van der Waals surface area contributed by atoms with Crippen LogP contribution in [0, 0.1) is 17.1 Å². The smallest absolute Gasteiger partial charge is 0.191 e. The summed E-state index contributed by atoms with van der Waals surface area (Å²) < 4.78 is 19.2. The third-order valence-corrected chi connectivity index (χ3v) is 4.16. The largest absolute Gasteiger partial charge is 0.379 e. The fraction of sp³-hybridized carbons (Fsp3) is 0.556. The van der Waals surface area contributed by atoms with Crippen LogP contribution < -0.4 is 10.6 Å². The van der Waals surface area contributed by atoms with Crippen LogP contribution in [0.1, 0.15) is 25.0 Å². The van der Waals surface area contributed by atoms with Gasteiger partial charge in [-0.15, -0.1) is 24.0 Å². The maximum absolute atomic E-state index is 13.9. The van der Waals surface area contributed by atoms with E-state index in [9.17, 15) is 4.39 Å². The standard InChI is InChI=1S/C18H26FN5O.HI/c1-3-21-18(22-12-14(2)24-6-8-25-9-7-24)23-13-16-10-15(11-20)4-5-17(16)19;/h4-5,10,14H,3,6-9,12-13H2,1-2H3,(H2,21,22,23);1H. The number of benzene rings is 1. The Morgan fingerprint density at radius 3 is 2.77 bits per heavy atom. The first-order valence-corrected chi connectivity index (χ1v) is 8.66. The van der Waals surface area contributed by atoms with Gasteiger partial charge in [-0.2, -0.15) is 5.26 Å². The highest BCUT2D eigenvalue weighted by atomic mass is 127. The SMILES string of the molecule is CCNC(=NCc1cc(C#N)ccc1F)NCC(C)N1CCOCC1.I. The third kappa shape index (κ3) is 7.05. The Labute approximate surface area is 171 Å². The lowest BCUT2D eigenvalue weighted by molar-refractivity contribution is 0.0211. The summed E-state index contributed by atoms with van der Waals surface area (Å²) in [6, 6.07) is 6.69. The topological polar surface area (TPSA) is 72.7 Å². The van der Waals surface area contributed by atoms with Crippen LogP contribution in [0.4, 0.5) is 4.39 Å². The van der Waals surface area contributed by atoms with Gasteiger partial charge in [0.15, 0.2) is 5.96 Å². The molecule has 0 amide bonds. The van der Waals surface area contributed by atoms with E-state index in [0.29, 0.717) is 23.1 Å². The minimum absolute atomic E-state index is 0. The molecular weight excluding hydrogens is 448 g/mol. The number of ether oxygens (including phenoxy) is 1. The first kappa shape index (κ1) is 22.6. The summed E-state index contributed by atoms with van der Waals surface area (Å²) in [5, 5.41) is 15.4. The summed E-state index contributed by atoms with van der Waals surface area (Å²) in [6.45, 7) is 9.20. The Kier molecular flexibility index (Phi) is 10.5. The van der Waals surface area contributed by atoms with E-state index in [2.05, 4.69) is 27.4 Å². The van der Waals surface area contributed by atoms with Crippen molar-refractivity contribution in [2.24, 2.45) is 4.99 Å². The van der Waals surface area contributed by atoms with E-state index in [1.165, 1.54) is 12.1 Å². The van der Waals surface area contributed by atoms with Crippen LogP contribution in [0.15, 0.2) is 23.2 Å². The average molecular weight is 475 g/mol. The second-order valence-electron chi connectivity index (χ2n) is 5.99. The minimum Gasteiger partial charge on any atom is -0.379 e. The number of morpholine rings is 1. The maximum Gasteiger partial charge on any atom is 0.191 e. The normalized spacial score (nSPS) is 16.3. The number of hydrogen-bond donors (Lipinski definition) is 2. The molecule has 0 aliphatic carbocycles. The molecule has 1 aromatic rings. The predicted molar refractivity (Wildman–Crippen MR) is 111 cm³/mol. The zero-order valence-electron chi connectivity index (χ0n) is 15.3. The van der Waals surface area contributed by atoms with Crippen LogP contribution in [0.25, 0.3) is 0 Å². The summed E-state index contributed by atoms with van der Waals surface area (Å²) in [4.78, 5) is 6.81. The quantitative estimate of drug-likeness (QED) is 0.375. The van der Waals surface area contributed by atoms with E-state index in [0.717, 1.165) is 39.4 Å². The Balaban J connectivity index is 0.00000338. The number of nitriles is 1. The van der Waals surface area contributed by atoms with E-state index in [-0.39, 0.29) is 36.3 Å². The first-order chi connectivity index (χ1) is 12.1. The van der Waals surface area contributed by atoms with Gasteiger partial charge in [-0.05, 0) is 32.0 Å². The average Bonchev–Trinajstić information content (AvgIpc) is 2.65. The van der Waals surface area contributed by atoms with Gasteiger partial charge in [0.2, 0.25) is 0 Å². The highest BCUT2D eigenvalue weighted by molar-refractivity contribution is 14.0. The van der Waals surface area contributed by atoms with Crippen LogP contribution in [0.2, 0.25) is 0 Å². The summed E-state index contributed by atoms with van der Waals surface area (Å²) in [5.41, 5.74) is 0.850. The second kappa shape index (κ2) is 12.0. The fourth-order valence-corrected chi connectivity index (χ4v) is 2.66. The van der Waals surface area contributed by atoms with E-state index in [4.69, 9.17) is 10.00 Å². The third-order valence-electron chi connectivity index (χ3n) is 4.16. The van der Waals surface area contributed by atoms with E-state index in [1.807, 2.05) is 13.0 Å². The van der Waals surface area contributed by atoms with Gasteiger partial charge in [-0.3, -0.25) is 4.90 Å². The molecule has 1 aliphatic heterocycles. The van der Waals surface area contributed by atoms with Crippen molar-refractivity contribution < 1.29 is 9.13 Å². The molecule has 0 saturated carbocycles. The van der Waals surface area contributed by atoms with E-state index in [1.54, 1.807) is 6.07 Å². The highest BCUT2D eigenvalue weighted by Crippen LogP contribution is 2.11. The van der Waals surface area contributed by atoms with Crippen molar-refractivity contribution in [1.82, 2.24) is 15.5 Å². The highest BCUT2D eigenvalue weighted by Gasteiger charge is 2.17. The van der Waals surface area contributed by atoms with Crippen molar-refractivity contribution in [3.8, 4) is 6.07 Å². The van der Waals surface area contributed by atoms with Crippen molar-refractivity contribution in [2.45, 2.75) is 26.4 Å². The predicted octanol–water partition coefficient (Wildman–Crippen LogP) is 2.09. The van der Waals surface area contributed by atoms with Crippen LogP contribution in [-0.2, 0) is 11.3 Å². The lowest BCUT2D eigenvalue weighted by atomic mass is 10.1. The van der Waals surface area contributed by atoms with Gasteiger partial charge >= 0.3 is 0 Å². The molecule has 1 heterocycles. The Morgan fingerprint density at radius 1 is 1.38 bits per heavy atom. The Hall–Kier alpha value is -1.44. The second-order valence-corrected chi connectivity index (χ2v) is 5.99. The number of nitrogens with one attached hydrogen (secondary N) is 2. The van der Waals surface area contributed by atoms with Crippen LogP contribution in [-0.4, -0.2) is 56.3 Å². The summed E-state index contributed by atoms with van der Waals surface area (Å²) in [5.74, 6) is 0.296. The summed E-state index contributed by atoms with van der Waals surface area (Å²) in [6.07, 6.45) is 0. The van der Waals surface area contributed by atoms with Crippen molar-refractivity contribution in [1.29, 1.82) is 5.26 Å². The molecule has 6 nitrogen and oxygen atoms in total. The van der Waals surface area contributed by atoms with Crippen LogP contribution in [0.5, 0.6) is 0 Å². The number of guanidine groups is 1. The first-order valence-electron chi connectivity index (χ1n) is 8.66. The molecule has 26 heavy (non-hydrogen) atoms. The molecule has 2 N–H and O–H groups in total. The summed E-state index contributed by atoms with van der Waals surface area (Å²) in [7, 11) is 0. The molecule has 0 aromatic heterocycles. The maximum atomic E-state index is 13.9. The van der Waals surface area contributed by atoms with Crippen molar-refractivity contribution in [3.63, 3.8) is 0 Å². The Bertz CT molecular complexity index is 628. The molecule has 1 fully saturated rings. The van der Waals surface area contributed by atoms with Gasteiger partial charge in [-0.25, -0.2) is 9.38 Å². The van der Waals surface area contributed by atoms with Crippen molar-refractivity contribution in [2.75, 3.05) is 39.4 Å². The molecule has 1 saturated heterocycles. The zero-order chi connectivity index (χ0) is 18.1. The summed E-state index contributed by atoms with van der Waals surface area (Å²) >= 11 is 0. The molecular formula is C18H27FIN5O.